The molecule has 66 valence electrons. The van der Waals surface area contributed by atoms with E-state index in [4.69, 9.17) is 10.2 Å². The zero-order chi connectivity index (χ0) is 9.11. The maximum atomic E-state index is 8.18. The summed E-state index contributed by atoms with van der Waals surface area (Å²) in [5.41, 5.74) is 1.04. The van der Waals surface area contributed by atoms with Crippen molar-refractivity contribution in [3.05, 3.63) is 24.8 Å². The molecule has 0 atom stereocenters. The summed E-state index contributed by atoms with van der Waals surface area (Å²) in [5.74, 6) is 0. The van der Waals surface area contributed by atoms with Crippen molar-refractivity contribution in [3.8, 4) is 0 Å². The molecule has 0 spiro atoms. The van der Waals surface area contributed by atoms with Gasteiger partial charge in [-0.1, -0.05) is 11.6 Å². The molecule has 0 aromatic heterocycles. The number of aliphatic hydroxyl groups excluding tert-OH is 2. The van der Waals surface area contributed by atoms with Crippen molar-refractivity contribution in [1.29, 1.82) is 0 Å². The number of hydrogen-bond acceptors (Lipinski definition) is 2. The molecule has 0 rings (SSSR count). The molecular weight excluding hydrogens is 140 g/mol. The van der Waals surface area contributed by atoms with Gasteiger partial charge in [0.2, 0.25) is 0 Å². The summed E-state index contributed by atoms with van der Waals surface area (Å²) in [7, 11) is 0. The molecule has 2 heteroatoms. The lowest BCUT2D eigenvalue weighted by Crippen LogP contribution is -1.79. The molecule has 0 saturated carbocycles. The number of hydrogen-bond donors (Lipinski definition) is 2. The topological polar surface area (TPSA) is 40.5 Å². The Morgan fingerprint density at radius 3 is 1.91 bits per heavy atom. The van der Waals surface area contributed by atoms with Crippen molar-refractivity contribution in [2.24, 2.45) is 0 Å². The zero-order valence-electron chi connectivity index (χ0n) is 7.21. The van der Waals surface area contributed by atoms with Gasteiger partial charge in [-0.2, -0.15) is 0 Å². The normalized spacial score (nSPS) is 7.91. The third-order valence-corrected chi connectivity index (χ3v) is 0.872. The van der Waals surface area contributed by atoms with Crippen LogP contribution in [0.1, 0.15) is 19.8 Å². The number of rotatable bonds is 4. The van der Waals surface area contributed by atoms with Crippen molar-refractivity contribution in [3.63, 3.8) is 0 Å². The van der Waals surface area contributed by atoms with Gasteiger partial charge in [0.15, 0.2) is 0 Å². The fraction of sp³-hybridized carbons (Fsp3) is 0.556. The molecule has 0 radical (unpaired) electrons. The standard InChI is InChI=1S/C5H10O.C4H8O/c1-5(2)3-4-6;1-2-3-4-5/h6H,1,3-4H2,2H3;2,5H,1,3-4H2. The monoisotopic (exact) mass is 158 g/mol. The molecule has 0 fully saturated rings. The van der Waals surface area contributed by atoms with Crippen LogP contribution in [0.4, 0.5) is 0 Å². The molecule has 0 aliphatic rings. The maximum absolute atomic E-state index is 8.18. The zero-order valence-corrected chi connectivity index (χ0v) is 7.21. The SMILES string of the molecule is C=C(C)CCO.C=CCCO. The summed E-state index contributed by atoms with van der Waals surface area (Å²) in [6, 6.07) is 0. The third-order valence-electron chi connectivity index (χ3n) is 0.872. The predicted molar refractivity (Wildman–Crippen MR) is 48.4 cm³/mol. The first-order valence-electron chi connectivity index (χ1n) is 3.66. The van der Waals surface area contributed by atoms with Gasteiger partial charge in [-0.15, -0.1) is 13.2 Å². The summed E-state index contributed by atoms with van der Waals surface area (Å²) < 4.78 is 0. The van der Waals surface area contributed by atoms with E-state index in [0.29, 0.717) is 6.42 Å². The van der Waals surface area contributed by atoms with Gasteiger partial charge in [0.05, 0.1) is 0 Å². The quantitative estimate of drug-likeness (QED) is 0.609. The molecule has 0 bridgehead atoms. The number of aliphatic hydroxyl groups is 2. The minimum absolute atomic E-state index is 0.226. The fourth-order valence-electron chi connectivity index (χ4n) is 0.282. The lowest BCUT2D eigenvalue weighted by molar-refractivity contribution is 0.299. The molecule has 0 saturated heterocycles. The van der Waals surface area contributed by atoms with E-state index < -0.39 is 0 Å². The Hall–Kier alpha value is -0.600. The van der Waals surface area contributed by atoms with Gasteiger partial charge in [-0.25, -0.2) is 0 Å². The van der Waals surface area contributed by atoms with Crippen molar-refractivity contribution < 1.29 is 10.2 Å². The fourth-order valence-corrected chi connectivity index (χ4v) is 0.282. The third kappa shape index (κ3) is 26.6. The van der Waals surface area contributed by atoms with E-state index >= 15 is 0 Å². The van der Waals surface area contributed by atoms with Crippen LogP contribution in [0.5, 0.6) is 0 Å². The molecule has 0 heterocycles. The van der Waals surface area contributed by atoms with Crippen molar-refractivity contribution in [1.82, 2.24) is 0 Å². The van der Waals surface area contributed by atoms with Gasteiger partial charge in [-0.05, 0) is 19.8 Å². The van der Waals surface area contributed by atoms with Gasteiger partial charge >= 0.3 is 0 Å². The highest BCUT2D eigenvalue weighted by Gasteiger charge is 1.77. The highest BCUT2D eigenvalue weighted by Crippen LogP contribution is 1.90. The molecule has 11 heavy (non-hydrogen) atoms. The van der Waals surface area contributed by atoms with E-state index in [1.54, 1.807) is 6.08 Å². The average Bonchev–Trinajstić information content (AvgIpc) is 1.90. The van der Waals surface area contributed by atoms with E-state index in [2.05, 4.69) is 13.2 Å². The molecule has 2 N–H and O–H groups in total. The first-order valence-corrected chi connectivity index (χ1v) is 3.66. The molecule has 0 unspecified atom stereocenters. The molecule has 2 nitrogen and oxygen atoms in total. The Balaban J connectivity index is 0. The van der Waals surface area contributed by atoms with Crippen LogP contribution in [0.25, 0.3) is 0 Å². The predicted octanol–water partition coefficient (Wildman–Crippen LogP) is 1.50. The molecule has 0 aromatic rings. The van der Waals surface area contributed by atoms with Crippen LogP contribution in [0.3, 0.4) is 0 Å². The molecule has 0 aliphatic heterocycles. The van der Waals surface area contributed by atoms with Gasteiger partial charge < -0.3 is 10.2 Å². The van der Waals surface area contributed by atoms with Crippen molar-refractivity contribution in [2.45, 2.75) is 19.8 Å². The Labute approximate surface area is 68.9 Å². The smallest absolute Gasteiger partial charge is 0.0467 e. The van der Waals surface area contributed by atoms with Crippen LogP contribution in [-0.4, -0.2) is 23.4 Å². The van der Waals surface area contributed by atoms with Crippen LogP contribution in [-0.2, 0) is 0 Å². The van der Waals surface area contributed by atoms with E-state index in [1.807, 2.05) is 6.92 Å². The second kappa shape index (κ2) is 12.1. The van der Waals surface area contributed by atoms with Crippen LogP contribution < -0.4 is 0 Å². The Morgan fingerprint density at radius 2 is 1.91 bits per heavy atom. The van der Waals surface area contributed by atoms with Gasteiger partial charge in [0.1, 0.15) is 0 Å². The van der Waals surface area contributed by atoms with Crippen LogP contribution >= 0.6 is 0 Å². The van der Waals surface area contributed by atoms with Crippen LogP contribution in [0.15, 0.2) is 24.8 Å². The van der Waals surface area contributed by atoms with Gasteiger partial charge in [0.25, 0.3) is 0 Å². The Bertz CT molecular complexity index is 97.7. The lowest BCUT2D eigenvalue weighted by atomic mass is 10.3. The van der Waals surface area contributed by atoms with Crippen LogP contribution in [0.2, 0.25) is 0 Å². The summed E-state index contributed by atoms with van der Waals surface area (Å²) >= 11 is 0. The van der Waals surface area contributed by atoms with Gasteiger partial charge in [0, 0.05) is 13.2 Å². The summed E-state index contributed by atoms with van der Waals surface area (Å²) in [5, 5.41) is 16.2. The lowest BCUT2D eigenvalue weighted by Gasteiger charge is -1.87. The second-order valence-corrected chi connectivity index (χ2v) is 2.23. The summed E-state index contributed by atoms with van der Waals surface area (Å²) in [6.45, 7) is 9.33. The minimum atomic E-state index is 0.226. The molecule has 0 amide bonds. The second-order valence-electron chi connectivity index (χ2n) is 2.23. The van der Waals surface area contributed by atoms with Gasteiger partial charge in [-0.3, -0.25) is 0 Å². The van der Waals surface area contributed by atoms with E-state index in [-0.39, 0.29) is 13.2 Å². The first-order chi connectivity index (χ1) is 5.18. The largest absolute Gasteiger partial charge is 0.396 e. The maximum Gasteiger partial charge on any atom is 0.0467 e. The first kappa shape index (κ1) is 13.0. The average molecular weight is 158 g/mol. The van der Waals surface area contributed by atoms with E-state index in [9.17, 15) is 0 Å². The summed E-state index contributed by atoms with van der Waals surface area (Å²) in [6.07, 6.45) is 3.13. The Morgan fingerprint density at radius 1 is 1.36 bits per heavy atom. The van der Waals surface area contributed by atoms with Crippen molar-refractivity contribution in [2.75, 3.05) is 13.2 Å². The molecule has 0 aliphatic carbocycles. The highest BCUT2D eigenvalue weighted by atomic mass is 16.3. The Kier molecular flexibility index (Phi) is 14.3. The van der Waals surface area contributed by atoms with E-state index in [0.717, 1.165) is 12.0 Å². The molecular formula is C9H18O2. The molecule has 0 aromatic carbocycles. The van der Waals surface area contributed by atoms with Crippen LogP contribution in [0, 0.1) is 0 Å². The van der Waals surface area contributed by atoms with E-state index in [1.165, 1.54) is 0 Å². The summed E-state index contributed by atoms with van der Waals surface area (Å²) in [4.78, 5) is 0. The minimum Gasteiger partial charge on any atom is -0.396 e. The highest BCUT2D eigenvalue weighted by molar-refractivity contribution is 4.86. The van der Waals surface area contributed by atoms with Crippen molar-refractivity contribution >= 4 is 0 Å².